The minimum Gasteiger partial charge on any atom is -0.266 e. The smallest absolute Gasteiger partial charge is 0.103 e. The van der Waals surface area contributed by atoms with Crippen molar-refractivity contribution in [2.75, 3.05) is 0 Å². The molecule has 0 aliphatic heterocycles. The zero-order valence-electron chi connectivity index (χ0n) is 12.4. The van der Waals surface area contributed by atoms with E-state index in [1.165, 1.54) is 36.1 Å². The lowest BCUT2D eigenvalue weighted by Gasteiger charge is -2.40. The number of rotatable bonds is 3. The van der Waals surface area contributed by atoms with Crippen molar-refractivity contribution >= 4 is 0 Å². The van der Waals surface area contributed by atoms with Gasteiger partial charge >= 0.3 is 0 Å². The van der Waals surface area contributed by atoms with Crippen LogP contribution in [-0.4, -0.2) is 19.6 Å². The Morgan fingerprint density at radius 2 is 1.91 bits per heavy atom. The van der Waals surface area contributed by atoms with Crippen LogP contribution in [0.2, 0.25) is 0 Å². The number of nitrogens with zero attached hydrogens (tertiary/aromatic N) is 4. The molecule has 3 aromatic rings. The van der Waals surface area contributed by atoms with Crippen LogP contribution in [0.4, 0.5) is 0 Å². The molecule has 0 amide bonds. The molecule has 4 nitrogen and oxygen atoms in total. The molecule has 0 spiro atoms. The Balaban J connectivity index is 1.45. The van der Waals surface area contributed by atoms with Gasteiger partial charge in [0, 0.05) is 5.69 Å². The summed E-state index contributed by atoms with van der Waals surface area (Å²) in [6.07, 6.45) is 10.0. The van der Waals surface area contributed by atoms with Crippen molar-refractivity contribution in [1.29, 1.82) is 0 Å². The minimum absolute atomic E-state index is 0.766. The van der Waals surface area contributed by atoms with Crippen LogP contribution in [0.3, 0.4) is 0 Å². The van der Waals surface area contributed by atoms with Gasteiger partial charge in [-0.05, 0) is 42.2 Å². The second-order valence-electron chi connectivity index (χ2n) is 6.58. The summed E-state index contributed by atoms with van der Waals surface area (Å²) in [5.74, 6) is 1.65. The van der Waals surface area contributed by atoms with Crippen molar-refractivity contribution < 1.29 is 0 Å². The summed E-state index contributed by atoms with van der Waals surface area (Å²) in [4.78, 5) is 0. The van der Waals surface area contributed by atoms with E-state index in [1.807, 2.05) is 16.9 Å². The van der Waals surface area contributed by atoms with E-state index in [9.17, 15) is 0 Å². The van der Waals surface area contributed by atoms with E-state index in [-0.39, 0.29) is 0 Å². The normalized spacial score (nSPS) is 22.2. The van der Waals surface area contributed by atoms with Crippen LogP contribution < -0.4 is 0 Å². The molecule has 2 aromatic heterocycles. The standard InChI is InChI=1S/C18H18N4/c1-2-4-13(5-3-1)11-21-12-16(9-19-21)22-18-8-14-6-15(7-14)17(18)10-20-22/h1-5,9-10,12,14-15H,6-8,11H2. The van der Waals surface area contributed by atoms with Crippen molar-refractivity contribution in [1.82, 2.24) is 19.6 Å². The molecule has 0 radical (unpaired) electrons. The van der Waals surface area contributed by atoms with Crippen LogP contribution in [0, 0.1) is 5.92 Å². The lowest BCUT2D eigenvalue weighted by molar-refractivity contribution is 0.234. The largest absolute Gasteiger partial charge is 0.266 e. The van der Waals surface area contributed by atoms with Gasteiger partial charge < -0.3 is 0 Å². The SMILES string of the molecule is c1ccc(Cn2cc(-n3ncc4c3CC3CC4C3)cn2)cc1. The maximum Gasteiger partial charge on any atom is 0.103 e. The van der Waals surface area contributed by atoms with E-state index in [2.05, 4.69) is 51.5 Å². The van der Waals surface area contributed by atoms with E-state index in [1.54, 1.807) is 0 Å². The summed E-state index contributed by atoms with van der Waals surface area (Å²) < 4.78 is 4.09. The van der Waals surface area contributed by atoms with Crippen molar-refractivity contribution in [2.45, 2.75) is 31.7 Å². The third kappa shape index (κ3) is 1.83. The van der Waals surface area contributed by atoms with Crippen LogP contribution in [0.15, 0.2) is 48.9 Å². The maximum atomic E-state index is 4.63. The van der Waals surface area contributed by atoms with Crippen molar-refractivity contribution in [2.24, 2.45) is 5.92 Å². The molecule has 1 fully saturated rings. The second kappa shape index (κ2) is 4.57. The average Bonchev–Trinajstić information content (AvgIpc) is 3.13. The Labute approximate surface area is 129 Å². The fourth-order valence-corrected chi connectivity index (χ4v) is 3.90. The zero-order chi connectivity index (χ0) is 14.5. The Bertz CT molecular complexity index is 809. The number of aromatic nitrogens is 4. The highest BCUT2D eigenvalue weighted by Crippen LogP contribution is 2.49. The van der Waals surface area contributed by atoms with Gasteiger partial charge in [-0.15, -0.1) is 0 Å². The topological polar surface area (TPSA) is 35.6 Å². The van der Waals surface area contributed by atoms with Gasteiger partial charge in [-0.2, -0.15) is 10.2 Å². The monoisotopic (exact) mass is 290 g/mol. The lowest BCUT2D eigenvalue weighted by Crippen LogP contribution is -2.30. The third-order valence-electron chi connectivity index (χ3n) is 5.11. The number of hydrogen-bond donors (Lipinski definition) is 0. The van der Waals surface area contributed by atoms with E-state index in [4.69, 9.17) is 0 Å². The molecule has 6 rings (SSSR count). The fraction of sp³-hybridized carbons (Fsp3) is 0.333. The summed E-state index contributed by atoms with van der Waals surface area (Å²) in [6, 6.07) is 10.4. The molecule has 110 valence electrons. The maximum absolute atomic E-state index is 4.63. The van der Waals surface area contributed by atoms with Crippen LogP contribution in [-0.2, 0) is 13.0 Å². The van der Waals surface area contributed by atoms with E-state index in [0.717, 1.165) is 24.1 Å². The van der Waals surface area contributed by atoms with Crippen molar-refractivity contribution in [3.8, 4) is 5.69 Å². The van der Waals surface area contributed by atoms with Gasteiger partial charge in [0.05, 0.1) is 25.1 Å². The Morgan fingerprint density at radius 1 is 1.05 bits per heavy atom. The summed E-state index contributed by atoms with van der Waals surface area (Å²) >= 11 is 0. The summed E-state index contributed by atoms with van der Waals surface area (Å²) in [6.45, 7) is 0.801. The molecule has 0 N–H and O–H groups in total. The predicted octanol–water partition coefficient (Wildman–Crippen LogP) is 3.17. The molecular weight excluding hydrogens is 272 g/mol. The van der Waals surface area contributed by atoms with Gasteiger partial charge in [0.15, 0.2) is 0 Å². The van der Waals surface area contributed by atoms with E-state index < -0.39 is 0 Å². The summed E-state index contributed by atoms with van der Waals surface area (Å²) in [7, 11) is 0. The number of hydrogen-bond acceptors (Lipinski definition) is 2. The van der Waals surface area contributed by atoms with Crippen molar-refractivity contribution in [3.05, 3.63) is 65.7 Å². The second-order valence-corrected chi connectivity index (χ2v) is 6.58. The van der Waals surface area contributed by atoms with E-state index >= 15 is 0 Å². The predicted molar refractivity (Wildman–Crippen MR) is 84.1 cm³/mol. The first-order valence-electron chi connectivity index (χ1n) is 8.00. The van der Waals surface area contributed by atoms with Crippen LogP contribution in [0.1, 0.15) is 35.6 Å². The lowest BCUT2D eigenvalue weighted by atomic mass is 9.64. The Kier molecular flexibility index (Phi) is 2.53. The van der Waals surface area contributed by atoms with Crippen LogP contribution >= 0.6 is 0 Å². The Morgan fingerprint density at radius 3 is 2.77 bits per heavy atom. The zero-order valence-corrected chi connectivity index (χ0v) is 12.4. The summed E-state index contributed by atoms with van der Waals surface area (Å²) in [5, 5.41) is 9.13. The average molecular weight is 290 g/mol. The first-order valence-corrected chi connectivity index (χ1v) is 8.00. The molecule has 1 aromatic carbocycles. The molecular formula is C18H18N4. The highest BCUT2D eigenvalue weighted by molar-refractivity contribution is 5.37. The molecule has 0 unspecified atom stereocenters. The van der Waals surface area contributed by atoms with Crippen molar-refractivity contribution in [3.63, 3.8) is 0 Å². The van der Waals surface area contributed by atoms with Gasteiger partial charge in [0.1, 0.15) is 5.69 Å². The molecule has 4 heteroatoms. The third-order valence-corrected chi connectivity index (χ3v) is 5.11. The Hall–Kier alpha value is -2.36. The number of benzene rings is 1. The molecule has 22 heavy (non-hydrogen) atoms. The van der Waals surface area contributed by atoms with Gasteiger partial charge in [0.25, 0.3) is 0 Å². The molecule has 3 aliphatic carbocycles. The molecule has 0 saturated heterocycles. The van der Waals surface area contributed by atoms with E-state index in [0.29, 0.717) is 0 Å². The first-order chi connectivity index (χ1) is 10.9. The molecule has 2 heterocycles. The molecule has 1 saturated carbocycles. The van der Waals surface area contributed by atoms with Gasteiger partial charge in [0.2, 0.25) is 0 Å². The summed E-state index contributed by atoms with van der Waals surface area (Å²) in [5.41, 5.74) is 5.23. The molecule has 3 aliphatic rings. The quantitative estimate of drug-likeness (QED) is 0.743. The molecule has 2 bridgehead atoms. The van der Waals surface area contributed by atoms with Crippen LogP contribution in [0.5, 0.6) is 0 Å². The van der Waals surface area contributed by atoms with Gasteiger partial charge in [-0.25, -0.2) is 4.68 Å². The highest BCUT2D eigenvalue weighted by atomic mass is 15.3. The fourth-order valence-electron chi connectivity index (χ4n) is 3.90. The highest BCUT2D eigenvalue weighted by Gasteiger charge is 2.39. The van der Waals surface area contributed by atoms with Gasteiger partial charge in [-0.3, -0.25) is 4.68 Å². The minimum atomic E-state index is 0.766. The first kappa shape index (κ1) is 12.2. The van der Waals surface area contributed by atoms with Crippen LogP contribution in [0.25, 0.3) is 5.69 Å². The van der Waals surface area contributed by atoms with Gasteiger partial charge in [-0.1, -0.05) is 30.3 Å². The molecule has 0 atom stereocenters.